The van der Waals surface area contributed by atoms with Gasteiger partial charge in [-0.3, -0.25) is 4.90 Å². The van der Waals surface area contributed by atoms with Crippen molar-refractivity contribution in [1.82, 2.24) is 10.2 Å². The molecule has 144 valence electrons. The third kappa shape index (κ3) is 5.22. The number of nitrogens with zero attached hydrogens (tertiary/aromatic N) is 1. The summed E-state index contributed by atoms with van der Waals surface area (Å²) in [5, 5.41) is 3.05. The quantitative estimate of drug-likeness (QED) is 0.769. The van der Waals surface area contributed by atoms with Gasteiger partial charge in [-0.05, 0) is 6.07 Å². The van der Waals surface area contributed by atoms with Crippen molar-refractivity contribution in [2.75, 3.05) is 26.2 Å². The fraction of sp³-hybridized carbons (Fsp3) is 0.571. The van der Waals surface area contributed by atoms with E-state index in [1.165, 1.54) is 18.2 Å². The molecule has 0 spiro atoms. The van der Waals surface area contributed by atoms with E-state index in [0.717, 1.165) is 0 Å². The minimum absolute atomic E-state index is 0. The van der Waals surface area contributed by atoms with Crippen molar-refractivity contribution in [3.05, 3.63) is 23.8 Å². The van der Waals surface area contributed by atoms with Crippen molar-refractivity contribution < 1.29 is 31.4 Å². The summed E-state index contributed by atoms with van der Waals surface area (Å²) in [5.74, 6) is -0.555. The number of hydrogen-bond donors (Lipinski definition) is 1. The molecule has 3 rings (SSSR count). The van der Waals surface area contributed by atoms with Gasteiger partial charge < -0.3 is 14.8 Å². The van der Waals surface area contributed by atoms with Gasteiger partial charge in [0.15, 0.2) is 11.5 Å². The molecule has 1 N–H and O–H groups in total. The number of rotatable bonds is 3. The van der Waals surface area contributed by atoms with Crippen LogP contribution in [0.5, 0.6) is 11.5 Å². The standard InChI is InChI=1S/C14H15F5N2O2.2ClH/c15-13(16,17)8-10(21-6-4-20-5-7-21)9-2-1-3-11-12(9)23-14(18,19)22-11;;/h1-3,10,20H,4-8H2;2*1H/t10-;;/m1../s1. The fourth-order valence-electron chi connectivity index (χ4n) is 2.90. The number of para-hydroxylation sites is 1. The highest BCUT2D eigenvalue weighted by Crippen LogP contribution is 2.48. The van der Waals surface area contributed by atoms with Crippen LogP contribution >= 0.6 is 24.8 Å². The van der Waals surface area contributed by atoms with E-state index >= 15 is 0 Å². The molecule has 1 aromatic carbocycles. The molecule has 11 heteroatoms. The molecule has 0 aromatic heterocycles. The van der Waals surface area contributed by atoms with Crippen LogP contribution in [0.4, 0.5) is 22.0 Å². The molecule has 1 fully saturated rings. The van der Waals surface area contributed by atoms with Crippen LogP contribution in [-0.2, 0) is 0 Å². The highest BCUT2D eigenvalue weighted by Gasteiger charge is 2.46. The van der Waals surface area contributed by atoms with E-state index < -0.39 is 24.9 Å². The molecule has 0 unspecified atom stereocenters. The second-order valence-electron chi connectivity index (χ2n) is 5.46. The molecule has 4 nitrogen and oxygen atoms in total. The maximum atomic E-state index is 13.3. The van der Waals surface area contributed by atoms with E-state index in [1.54, 1.807) is 4.90 Å². The van der Waals surface area contributed by atoms with Crippen molar-refractivity contribution in [3.63, 3.8) is 0 Å². The van der Waals surface area contributed by atoms with Crippen molar-refractivity contribution in [2.24, 2.45) is 0 Å². The zero-order valence-corrected chi connectivity index (χ0v) is 14.4. The Bertz CT molecular complexity index is 583. The lowest BCUT2D eigenvalue weighted by Crippen LogP contribution is -2.46. The Morgan fingerprint density at radius 2 is 1.76 bits per heavy atom. The summed E-state index contributed by atoms with van der Waals surface area (Å²) in [7, 11) is 0. The van der Waals surface area contributed by atoms with Crippen molar-refractivity contribution in [1.29, 1.82) is 0 Å². The molecular weight excluding hydrogens is 394 g/mol. The van der Waals surface area contributed by atoms with E-state index in [1.807, 2.05) is 0 Å². The Labute approximate surface area is 153 Å². The van der Waals surface area contributed by atoms with Crippen LogP contribution in [0, 0.1) is 0 Å². The van der Waals surface area contributed by atoms with Crippen LogP contribution < -0.4 is 14.8 Å². The summed E-state index contributed by atoms with van der Waals surface area (Å²) in [6.45, 7) is 1.86. The lowest BCUT2D eigenvalue weighted by molar-refractivity contribution is -0.287. The summed E-state index contributed by atoms with van der Waals surface area (Å²) in [6, 6.07) is 2.93. The second kappa shape index (κ2) is 8.11. The Kier molecular flexibility index (Phi) is 7.14. The van der Waals surface area contributed by atoms with Crippen molar-refractivity contribution in [3.8, 4) is 11.5 Å². The molecule has 0 aliphatic carbocycles. The summed E-state index contributed by atoms with van der Waals surface area (Å²) in [5.41, 5.74) is 0.0684. The summed E-state index contributed by atoms with van der Waals surface area (Å²) in [4.78, 5) is 1.62. The first-order valence-electron chi connectivity index (χ1n) is 7.15. The van der Waals surface area contributed by atoms with E-state index in [4.69, 9.17) is 0 Å². The Morgan fingerprint density at radius 1 is 1.12 bits per heavy atom. The molecule has 1 atom stereocenters. The number of benzene rings is 1. The van der Waals surface area contributed by atoms with Gasteiger partial charge >= 0.3 is 12.5 Å². The Balaban J connectivity index is 0.00000156. The first kappa shape index (κ1) is 22.0. The summed E-state index contributed by atoms with van der Waals surface area (Å²) in [6.07, 6.45) is -9.43. The number of nitrogens with one attached hydrogen (secondary N) is 1. The van der Waals surface area contributed by atoms with Crippen LogP contribution in [0.2, 0.25) is 0 Å². The number of hydrogen-bond acceptors (Lipinski definition) is 4. The SMILES string of the molecule is Cl.Cl.FC(F)(F)C[C@H](c1cccc2c1OC(F)(F)O2)N1CCNCC1. The monoisotopic (exact) mass is 410 g/mol. The predicted molar refractivity (Wildman–Crippen MR) is 85.0 cm³/mol. The van der Waals surface area contributed by atoms with Crippen LogP contribution in [-0.4, -0.2) is 43.5 Å². The van der Waals surface area contributed by atoms with Crippen LogP contribution in [0.1, 0.15) is 18.0 Å². The third-order valence-corrected chi connectivity index (χ3v) is 3.84. The molecule has 25 heavy (non-hydrogen) atoms. The molecule has 0 saturated carbocycles. The minimum atomic E-state index is -4.43. The first-order valence-corrected chi connectivity index (χ1v) is 7.15. The van der Waals surface area contributed by atoms with Gasteiger partial charge in [-0.15, -0.1) is 33.6 Å². The van der Waals surface area contributed by atoms with Crippen molar-refractivity contribution in [2.45, 2.75) is 24.9 Å². The van der Waals surface area contributed by atoms with Gasteiger partial charge in [0, 0.05) is 37.8 Å². The van der Waals surface area contributed by atoms with Crippen LogP contribution in [0.3, 0.4) is 0 Å². The van der Waals surface area contributed by atoms with Crippen LogP contribution in [0.25, 0.3) is 0 Å². The zero-order chi connectivity index (χ0) is 16.7. The number of ether oxygens (including phenoxy) is 2. The maximum absolute atomic E-state index is 13.3. The van der Waals surface area contributed by atoms with Crippen molar-refractivity contribution >= 4 is 24.8 Å². The first-order chi connectivity index (χ1) is 10.8. The van der Waals surface area contributed by atoms with Gasteiger partial charge in [-0.1, -0.05) is 12.1 Å². The maximum Gasteiger partial charge on any atom is 0.586 e. The zero-order valence-electron chi connectivity index (χ0n) is 12.8. The van der Waals surface area contributed by atoms with Gasteiger partial charge in [0.1, 0.15) is 0 Å². The van der Waals surface area contributed by atoms with Gasteiger partial charge in [-0.2, -0.15) is 13.2 Å². The highest BCUT2D eigenvalue weighted by molar-refractivity contribution is 5.85. The molecule has 1 aromatic rings. The Morgan fingerprint density at radius 3 is 2.36 bits per heavy atom. The normalized spacial score (nSPS) is 20.4. The molecule has 2 heterocycles. The predicted octanol–water partition coefficient (Wildman–Crippen LogP) is 3.75. The van der Waals surface area contributed by atoms with Gasteiger partial charge in [0.25, 0.3) is 0 Å². The molecule has 0 amide bonds. The molecule has 0 radical (unpaired) electrons. The number of halogens is 7. The molecular formula is C14H17Cl2F5N2O2. The van der Waals surface area contributed by atoms with Crippen LogP contribution in [0.15, 0.2) is 18.2 Å². The van der Waals surface area contributed by atoms with E-state index in [9.17, 15) is 22.0 Å². The number of fused-ring (bicyclic) bond motifs is 1. The second-order valence-corrected chi connectivity index (χ2v) is 5.46. The van der Waals surface area contributed by atoms with Gasteiger partial charge in [-0.25, -0.2) is 0 Å². The van der Waals surface area contributed by atoms with E-state index in [2.05, 4.69) is 14.8 Å². The Hall–Kier alpha value is -1.03. The van der Waals surface area contributed by atoms with Gasteiger partial charge in [0.05, 0.1) is 6.42 Å². The third-order valence-electron chi connectivity index (χ3n) is 3.84. The lowest BCUT2D eigenvalue weighted by Gasteiger charge is -2.35. The minimum Gasteiger partial charge on any atom is -0.395 e. The summed E-state index contributed by atoms with van der Waals surface area (Å²) >= 11 is 0. The van der Waals surface area contributed by atoms with Gasteiger partial charge in [0.2, 0.25) is 0 Å². The smallest absolute Gasteiger partial charge is 0.395 e. The molecule has 0 bridgehead atoms. The molecule has 2 aliphatic rings. The summed E-state index contributed by atoms with van der Waals surface area (Å²) < 4.78 is 74.3. The number of alkyl halides is 5. The van der Waals surface area contributed by atoms with E-state index in [0.29, 0.717) is 26.2 Å². The highest BCUT2D eigenvalue weighted by atomic mass is 35.5. The number of piperazine rings is 1. The average Bonchev–Trinajstić information content (AvgIpc) is 2.78. The molecule has 2 aliphatic heterocycles. The topological polar surface area (TPSA) is 33.7 Å². The molecule has 1 saturated heterocycles. The lowest BCUT2D eigenvalue weighted by atomic mass is 9.99. The largest absolute Gasteiger partial charge is 0.586 e. The fourth-order valence-corrected chi connectivity index (χ4v) is 2.90. The average molecular weight is 411 g/mol. The van der Waals surface area contributed by atoms with E-state index in [-0.39, 0.29) is 41.9 Å².